The van der Waals surface area contributed by atoms with Crippen molar-refractivity contribution in [3.05, 3.63) is 35.4 Å². The molecule has 0 saturated carbocycles. The van der Waals surface area contributed by atoms with E-state index in [2.05, 4.69) is 36.2 Å². The lowest BCUT2D eigenvalue weighted by Gasteiger charge is -2.30. The highest BCUT2D eigenvalue weighted by Gasteiger charge is 2.21. The molecule has 0 radical (unpaired) electrons. The molecule has 102 valence electrons. The van der Waals surface area contributed by atoms with Gasteiger partial charge in [0.1, 0.15) is 0 Å². The zero-order valence-corrected chi connectivity index (χ0v) is 11.9. The Labute approximate surface area is 116 Å². The van der Waals surface area contributed by atoms with Crippen molar-refractivity contribution < 1.29 is 0 Å². The fraction of sp³-hybridized carbons (Fsp3) is 0.562. The van der Waals surface area contributed by atoms with Crippen molar-refractivity contribution in [2.75, 3.05) is 19.6 Å². The van der Waals surface area contributed by atoms with Gasteiger partial charge in [-0.1, -0.05) is 19.1 Å². The van der Waals surface area contributed by atoms with Crippen LogP contribution in [0.2, 0.25) is 0 Å². The Bertz CT molecular complexity index is 444. The van der Waals surface area contributed by atoms with Crippen LogP contribution >= 0.6 is 0 Å². The summed E-state index contributed by atoms with van der Waals surface area (Å²) in [4.78, 5) is 2.49. The van der Waals surface area contributed by atoms with Gasteiger partial charge in [0.2, 0.25) is 0 Å². The third-order valence-corrected chi connectivity index (χ3v) is 4.07. The molecule has 1 saturated heterocycles. The summed E-state index contributed by atoms with van der Waals surface area (Å²) < 4.78 is 0. The van der Waals surface area contributed by atoms with Crippen LogP contribution in [-0.2, 0) is 0 Å². The lowest BCUT2D eigenvalue weighted by Crippen LogP contribution is -2.38. The van der Waals surface area contributed by atoms with Crippen LogP contribution in [0.15, 0.2) is 24.3 Å². The molecular formula is C16H23N3. The van der Waals surface area contributed by atoms with Gasteiger partial charge >= 0.3 is 0 Å². The standard InChI is InChI=1S/C16H23N3/c1-3-19(12-16-8-5-9-18-16)13(2)15-7-4-6-14(10-15)11-17/h4,6-7,10,13,16,18H,3,5,8-9,12H2,1-2H3. The molecule has 1 aromatic rings. The van der Waals surface area contributed by atoms with Crippen molar-refractivity contribution in [2.45, 2.75) is 38.8 Å². The highest BCUT2D eigenvalue weighted by Crippen LogP contribution is 2.22. The van der Waals surface area contributed by atoms with Crippen molar-refractivity contribution in [1.29, 1.82) is 5.26 Å². The molecule has 0 aromatic heterocycles. The van der Waals surface area contributed by atoms with E-state index >= 15 is 0 Å². The van der Waals surface area contributed by atoms with Gasteiger partial charge in [-0.25, -0.2) is 0 Å². The second kappa shape index (κ2) is 6.70. The van der Waals surface area contributed by atoms with Crippen LogP contribution < -0.4 is 5.32 Å². The summed E-state index contributed by atoms with van der Waals surface area (Å²) in [6, 6.07) is 11.2. The SMILES string of the molecule is CCN(CC1CCCN1)C(C)c1cccc(C#N)c1. The molecular weight excluding hydrogens is 234 g/mol. The highest BCUT2D eigenvalue weighted by atomic mass is 15.2. The zero-order chi connectivity index (χ0) is 13.7. The molecule has 19 heavy (non-hydrogen) atoms. The molecule has 1 aliphatic rings. The Morgan fingerprint density at radius 1 is 1.53 bits per heavy atom. The predicted octanol–water partition coefficient (Wildman–Crippen LogP) is 2.69. The van der Waals surface area contributed by atoms with E-state index in [0.717, 1.165) is 25.2 Å². The minimum atomic E-state index is 0.362. The average Bonchev–Trinajstić information content (AvgIpc) is 2.97. The van der Waals surface area contributed by atoms with E-state index in [0.29, 0.717) is 12.1 Å². The second-order valence-electron chi connectivity index (χ2n) is 5.29. The van der Waals surface area contributed by atoms with Crippen LogP contribution in [-0.4, -0.2) is 30.6 Å². The molecule has 2 atom stereocenters. The molecule has 3 heteroatoms. The number of nitrogens with one attached hydrogen (secondary N) is 1. The summed E-state index contributed by atoms with van der Waals surface area (Å²) in [7, 11) is 0. The zero-order valence-electron chi connectivity index (χ0n) is 11.9. The molecule has 1 aliphatic heterocycles. The lowest BCUT2D eigenvalue weighted by molar-refractivity contribution is 0.202. The van der Waals surface area contributed by atoms with Crippen molar-refractivity contribution in [1.82, 2.24) is 10.2 Å². The number of benzene rings is 1. The maximum atomic E-state index is 9.00. The highest BCUT2D eigenvalue weighted by molar-refractivity contribution is 5.34. The fourth-order valence-electron chi connectivity index (χ4n) is 2.84. The normalized spacial score (nSPS) is 20.4. The number of nitriles is 1. The molecule has 1 N–H and O–H groups in total. The Morgan fingerprint density at radius 3 is 3.00 bits per heavy atom. The quantitative estimate of drug-likeness (QED) is 0.881. The maximum absolute atomic E-state index is 9.00. The molecule has 2 rings (SSSR count). The Balaban J connectivity index is 2.06. The first-order chi connectivity index (χ1) is 9.24. The van der Waals surface area contributed by atoms with Gasteiger partial charge in [-0.2, -0.15) is 5.26 Å². The number of nitrogens with zero attached hydrogens (tertiary/aromatic N) is 2. The molecule has 1 heterocycles. The Morgan fingerprint density at radius 2 is 2.37 bits per heavy atom. The summed E-state index contributed by atoms with van der Waals surface area (Å²) >= 11 is 0. The molecule has 1 aromatic carbocycles. The summed E-state index contributed by atoms with van der Waals surface area (Å²) in [5, 5.41) is 12.6. The van der Waals surface area contributed by atoms with E-state index < -0.39 is 0 Å². The van der Waals surface area contributed by atoms with Crippen LogP contribution in [0.5, 0.6) is 0 Å². The van der Waals surface area contributed by atoms with Crippen LogP contribution in [0.25, 0.3) is 0 Å². The summed E-state index contributed by atoms with van der Waals surface area (Å²) in [6.45, 7) is 7.72. The van der Waals surface area contributed by atoms with Gasteiger partial charge in [0, 0.05) is 18.6 Å². The van der Waals surface area contributed by atoms with E-state index in [9.17, 15) is 0 Å². The maximum Gasteiger partial charge on any atom is 0.0991 e. The van der Waals surface area contributed by atoms with E-state index in [1.54, 1.807) is 0 Å². The van der Waals surface area contributed by atoms with Crippen molar-refractivity contribution in [2.24, 2.45) is 0 Å². The van der Waals surface area contributed by atoms with E-state index in [-0.39, 0.29) is 0 Å². The van der Waals surface area contributed by atoms with Crippen molar-refractivity contribution in [3.8, 4) is 6.07 Å². The summed E-state index contributed by atoms with van der Waals surface area (Å²) in [5.41, 5.74) is 1.98. The number of hydrogen-bond donors (Lipinski definition) is 1. The fourth-order valence-corrected chi connectivity index (χ4v) is 2.84. The number of rotatable bonds is 5. The number of hydrogen-bond acceptors (Lipinski definition) is 3. The van der Waals surface area contributed by atoms with Gasteiger partial charge < -0.3 is 5.32 Å². The Hall–Kier alpha value is -1.37. The van der Waals surface area contributed by atoms with E-state index in [4.69, 9.17) is 5.26 Å². The molecule has 0 aliphatic carbocycles. The van der Waals surface area contributed by atoms with Gasteiger partial charge in [0.15, 0.2) is 0 Å². The monoisotopic (exact) mass is 257 g/mol. The van der Waals surface area contributed by atoms with Crippen LogP contribution in [0, 0.1) is 11.3 Å². The molecule has 0 bridgehead atoms. The van der Waals surface area contributed by atoms with Gasteiger partial charge in [-0.3, -0.25) is 4.90 Å². The van der Waals surface area contributed by atoms with Gasteiger partial charge in [-0.15, -0.1) is 0 Å². The Kier molecular flexibility index (Phi) is 4.95. The third-order valence-electron chi connectivity index (χ3n) is 4.07. The molecule has 1 fully saturated rings. The first-order valence-electron chi connectivity index (χ1n) is 7.22. The summed E-state index contributed by atoms with van der Waals surface area (Å²) in [5.74, 6) is 0. The largest absolute Gasteiger partial charge is 0.313 e. The van der Waals surface area contributed by atoms with Crippen LogP contribution in [0.1, 0.15) is 43.9 Å². The molecule has 0 spiro atoms. The van der Waals surface area contributed by atoms with E-state index in [1.807, 2.05) is 18.2 Å². The van der Waals surface area contributed by atoms with Crippen molar-refractivity contribution in [3.63, 3.8) is 0 Å². The minimum absolute atomic E-state index is 0.362. The first kappa shape index (κ1) is 14.0. The molecule has 2 unspecified atom stereocenters. The summed E-state index contributed by atoms with van der Waals surface area (Å²) in [6.07, 6.45) is 2.57. The first-order valence-corrected chi connectivity index (χ1v) is 7.22. The smallest absolute Gasteiger partial charge is 0.0991 e. The minimum Gasteiger partial charge on any atom is -0.313 e. The topological polar surface area (TPSA) is 39.1 Å². The van der Waals surface area contributed by atoms with E-state index in [1.165, 1.54) is 18.4 Å². The van der Waals surface area contributed by atoms with Gasteiger partial charge in [0.25, 0.3) is 0 Å². The van der Waals surface area contributed by atoms with Gasteiger partial charge in [-0.05, 0) is 50.6 Å². The number of likely N-dealkylation sites (N-methyl/N-ethyl adjacent to an activating group) is 1. The lowest BCUT2D eigenvalue weighted by atomic mass is 10.0. The van der Waals surface area contributed by atoms with Gasteiger partial charge in [0.05, 0.1) is 11.6 Å². The molecule has 0 amide bonds. The van der Waals surface area contributed by atoms with Crippen molar-refractivity contribution >= 4 is 0 Å². The predicted molar refractivity (Wildman–Crippen MR) is 77.8 cm³/mol. The molecule has 3 nitrogen and oxygen atoms in total. The third kappa shape index (κ3) is 3.56. The van der Waals surface area contributed by atoms with Crippen LogP contribution in [0.4, 0.5) is 0 Å². The second-order valence-corrected chi connectivity index (χ2v) is 5.29. The average molecular weight is 257 g/mol. The van der Waals surface area contributed by atoms with Crippen LogP contribution in [0.3, 0.4) is 0 Å².